The first-order chi connectivity index (χ1) is 8.13. The number of likely N-dealkylation sites (N-methyl/N-ethyl adjacent to an activating group) is 1. The van der Waals surface area contributed by atoms with Crippen molar-refractivity contribution in [1.29, 1.82) is 0 Å². The Morgan fingerprint density at radius 1 is 1.53 bits per heavy atom. The van der Waals surface area contributed by atoms with E-state index >= 15 is 0 Å². The number of rotatable bonds is 2. The summed E-state index contributed by atoms with van der Waals surface area (Å²) in [5, 5.41) is 3.79. The SMILES string of the molecule is COc1ccc(Cl)cc1C1NCCN(C)C1=O. The average Bonchev–Trinajstić information content (AvgIpc) is 2.33. The second-order valence-corrected chi connectivity index (χ2v) is 4.47. The van der Waals surface area contributed by atoms with Crippen molar-refractivity contribution in [3.05, 3.63) is 28.8 Å². The Morgan fingerprint density at radius 2 is 2.29 bits per heavy atom. The molecule has 4 nitrogen and oxygen atoms in total. The van der Waals surface area contributed by atoms with Gasteiger partial charge in [-0.1, -0.05) is 11.6 Å². The molecule has 92 valence electrons. The van der Waals surface area contributed by atoms with E-state index in [2.05, 4.69) is 5.32 Å². The Kier molecular flexibility index (Phi) is 3.54. The van der Waals surface area contributed by atoms with Crippen LogP contribution >= 0.6 is 11.6 Å². The van der Waals surface area contributed by atoms with Gasteiger partial charge in [-0.15, -0.1) is 0 Å². The first-order valence-electron chi connectivity index (χ1n) is 5.45. The molecule has 1 N–H and O–H groups in total. The van der Waals surface area contributed by atoms with Crippen molar-refractivity contribution < 1.29 is 9.53 Å². The Bertz CT molecular complexity index is 437. The molecule has 0 radical (unpaired) electrons. The normalized spacial score (nSPS) is 20.5. The fourth-order valence-corrected chi connectivity index (χ4v) is 2.15. The Hall–Kier alpha value is -1.26. The maximum atomic E-state index is 12.1. The number of amides is 1. The van der Waals surface area contributed by atoms with Gasteiger partial charge >= 0.3 is 0 Å². The number of benzene rings is 1. The number of halogens is 1. The van der Waals surface area contributed by atoms with Gasteiger partial charge in [0.1, 0.15) is 11.8 Å². The Balaban J connectivity index is 2.38. The zero-order valence-electron chi connectivity index (χ0n) is 9.87. The van der Waals surface area contributed by atoms with Gasteiger partial charge in [-0.25, -0.2) is 0 Å². The summed E-state index contributed by atoms with van der Waals surface area (Å²) in [5.41, 5.74) is 0.788. The van der Waals surface area contributed by atoms with E-state index in [1.807, 2.05) is 0 Å². The molecular weight excluding hydrogens is 240 g/mol. The Morgan fingerprint density at radius 3 is 3.00 bits per heavy atom. The van der Waals surface area contributed by atoms with E-state index in [-0.39, 0.29) is 11.9 Å². The second-order valence-electron chi connectivity index (χ2n) is 4.03. The largest absolute Gasteiger partial charge is 0.496 e. The smallest absolute Gasteiger partial charge is 0.244 e. The molecule has 1 aromatic rings. The summed E-state index contributed by atoms with van der Waals surface area (Å²) in [5.74, 6) is 0.715. The van der Waals surface area contributed by atoms with Crippen LogP contribution in [0.3, 0.4) is 0 Å². The number of hydrogen-bond donors (Lipinski definition) is 1. The summed E-state index contributed by atoms with van der Waals surface area (Å²) >= 11 is 5.97. The van der Waals surface area contributed by atoms with E-state index in [1.54, 1.807) is 37.3 Å². The van der Waals surface area contributed by atoms with Crippen LogP contribution in [0.25, 0.3) is 0 Å². The van der Waals surface area contributed by atoms with E-state index in [4.69, 9.17) is 16.3 Å². The summed E-state index contributed by atoms with van der Waals surface area (Å²) in [6.45, 7) is 1.49. The molecule has 1 fully saturated rings. The zero-order chi connectivity index (χ0) is 12.4. The summed E-state index contributed by atoms with van der Waals surface area (Å²) in [6, 6.07) is 4.93. The Labute approximate surface area is 106 Å². The average molecular weight is 255 g/mol. The van der Waals surface area contributed by atoms with E-state index < -0.39 is 0 Å². The fraction of sp³-hybridized carbons (Fsp3) is 0.417. The third-order valence-corrected chi connectivity index (χ3v) is 3.16. The van der Waals surface area contributed by atoms with Crippen LogP contribution in [0, 0.1) is 0 Å². The number of nitrogens with one attached hydrogen (secondary N) is 1. The van der Waals surface area contributed by atoms with Crippen LogP contribution in [0.4, 0.5) is 0 Å². The van der Waals surface area contributed by atoms with Gasteiger partial charge in [0.05, 0.1) is 7.11 Å². The highest BCUT2D eigenvalue weighted by molar-refractivity contribution is 6.30. The van der Waals surface area contributed by atoms with Crippen LogP contribution in [0.5, 0.6) is 5.75 Å². The van der Waals surface area contributed by atoms with Crippen LogP contribution < -0.4 is 10.1 Å². The fourth-order valence-electron chi connectivity index (χ4n) is 1.97. The minimum Gasteiger partial charge on any atom is -0.496 e. The molecule has 1 amide bonds. The molecule has 17 heavy (non-hydrogen) atoms. The predicted molar refractivity (Wildman–Crippen MR) is 66.4 cm³/mol. The third kappa shape index (κ3) is 2.37. The predicted octanol–water partition coefficient (Wildman–Crippen LogP) is 1.45. The van der Waals surface area contributed by atoms with Crippen LogP contribution in [-0.2, 0) is 4.79 Å². The van der Waals surface area contributed by atoms with Crippen molar-refractivity contribution in [3.63, 3.8) is 0 Å². The lowest BCUT2D eigenvalue weighted by atomic mass is 10.0. The number of carbonyl (C=O) groups is 1. The molecule has 5 heteroatoms. The molecule has 1 aromatic carbocycles. The molecule has 0 bridgehead atoms. The van der Waals surface area contributed by atoms with Crippen molar-refractivity contribution in [1.82, 2.24) is 10.2 Å². The van der Waals surface area contributed by atoms with E-state index in [0.717, 1.165) is 18.7 Å². The molecule has 1 aliphatic rings. The van der Waals surface area contributed by atoms with Crippen molar-refractivity contribution >= 4 is 17.5 Å². The maximum Gasteiger partial charge on any atom is 0.244 e. The van der Waals surface area contributed by atoms with Gasteiger partial charge in [0.25, 0.3) is 0 Å². The summed E-state index contributed by atoms with van der Waals surface area (Å²) in [7, 11) is 3.39. The van der Waals surface area contributed by atoms with Crippen molar-refractivity contribution in [2.75, 3.05) is 27.2 Å². The highest BCUT2D eigenvalue weighted by Crippen LogP contribution is 2.30. The molecule has 0 aromatic heterocycles. The number of piperazine rings is 1. The second kappa shape index (κ2) is 4.94. The van der Waals surface area contributed by atoms with E-state index in [9.17, 15) is 4.79 Å². The van der Waals surface area contributed by atoms with Crippen molar-refractivity contribution in [2.45, 2.75) is 6.04 Å². The van der Waals surface area contributed by atoms with Gasteiger partial charge in [0.2, 0.25) is 5.91 Å². The van der Waals surface area contributed by atoms with Crippen LogP contribution in [0.15, 0.2) is 18.2 Å². The molecule has 1 atom stereocenters. The number of ether oxygens (including phenoxy) is 1. The third-order valence-electron chi connectivity index (χ3n) is 2.92. The van der Waals surface area contributed by atoms with Crippen LogP contribution in [-0.4, -0.2) is 38.1 Å². The lowest BCUT2D eigenvalue weighted by Crippen LogP contribution is -2.48. The van der Waals surface area contributed by atoms with Crippen LogP contribution in [0.1, 0.15) is 11.6 Å². The molecule has 1 aliphatic heterocycles. The number of nitrogens with zero attached hydrogens (tertiary/aromatic N) is 1. The van der Waals surface area contributed by atoms with Gasteiger partial charge in [-0.3, -0.25) is 4.79 Å². The highest BCUT2D eigenvalue weighted by Gasteiger charge is 2.29. The van der Waals surface area contributed by atoms with Crippen molar-refractivity contribution in [3.8, 4) is 5.75 Å². The molecule has 0 saturated carbocycles. The zero-order valence-corrected chi connectivity index (χ0v) is 10.6. The summed E-state index contributed by atoms with van der Waals surface area (Å²) in [6.07, 6.45) is 0. The highest BCUT2D eigenvalue weighted by atomic mass is 35.5. The van der Waals surface area contributed by atoms with Crippen LogP contribution in [0.2, 0.25) is 5.02 Å². The molecule has 1 unspecified atom stereocenters. The maximum absolute atomic E-state index is 12.1. The van der Waals surface area contributed by atoms with Crippen molar-refractivity contribution in [2.24, 2.45) is 0 Å². The van der Waals surface area contributed by atoms with E-state index in [1.165, 1.54) is 0 Å². The lowest BCUT2D eigenvalue weighted by molar-refractivity contribution is -0.134. The first-order valence-corrected chi connectivity index (χ1v) is 5.83. The standard InChI is InChI=1S/C12H15ClN2O2/c1-15-6-5-14-11(12(15)16)9-7-8(13)3-4-10(9)17-2/h3-4,7,11,14H,5-6H2,1-2H3. The quantitative estimate of drug-likeness (QED) is 0.869. The number of hydrogen-bond acceptors (Lipinski definition) is 3. The van der Waals surface area contributed by atoms with Gasteiger partial charge in [-0.05, 0) is 18.2 Å². The molecule has 0 spiro atoms. The molecular formula is C12H15ClN2O2. The minimum atomic E-state index is -0.373. The number of carbonyl (C=O) groups excluding carboxylic acids is 1. The van der Waals surface area contributed by atoms with Gasteiger partial charge < -0.3 is 15.0 Å². The topological polar surface area (TPSA) is 41.6 Å². The number of methoxy groups -OCH3 is 1. The molecule has 1 heterocycles. The molecule has 1 saturated heterocycles. The monoisotopic (exact) mass is 254 g/mol. The van der Waals surface area contributed by atoms with Gasteiger partial charge in [-0.2, -0.15) is 0 Å². The van der Waals surface area contributed by atoms with E-state index in [0.29, 0.717) is 10.8 Å². The minimum absolute atomic E-state index is 0.0387. The summed E-state index contributed by atoms with van der Waals surface area (Å²) < 4.78 is 5.27. The van der Waals surface area contributed by atoms with Gasteiger partial charge in [0.15, 0.2) is 0 Å². The molecule has 0 aliphatic carbocycles. The first kappa shape index (κ1) is 12.2. The summed E-state index contributed by atoms with van der Waals surface area (Å²) in [4.78, 5) is 13.8. The lowest BCUT2D eigenvalue weighted by Gasteiger charge is -2.31. The molecule has 2 rings (SSSR count). The van der Waals surface area contributed by atoms with Gasteiger partial charge in [0, 0.05) is 30.7 Å².